The second-order valence-corrected chi connectivity index (χ2v) is 4.71. The second kappa shape index (κ2) is 6.82. The molecule has 4 heteroatoms. The average Bonchev–Trinajstić information content (AvgIpc) is 2.48. The molecule has 4 nitrogen and oxygen atoms in total. The average molecular weight is 270 g/mol. The molecular formula is C16H18N2O2. The van der Waals surface area contributed by atoms with Crippen LogP contribution in [0.15, 0.2) is 54.6 Å². The number of rotatable bonds is 6. The molecule has 0 aromatic heterocycles. The van der Waals surface area contributed by atoms with Gasteiger partial charge >= 0.3 is 0 Å². The van der Waals surface area contributed by atoms with Crippen LogP contribution in [0.25, 0.3) is 0 Å². The Morgan fingerprint density at radius 2 is 1.50 bits per heavy atom. The highest BCUT2D eigenvalue weighted by molar-refractivity contribution is 5.32. The van der Waals surface area contributed by atoms with Crippen LogP contribution in [-0.2, 0) is 13.1 Å². The summed E-state index contributed by atoms with van der Waals surface area (Å²) >= 11 is 0. The van der Waals surface area contributed by atoms with Crippen molar-refractivity contribution in [2.24, 2.45) is 0 Å². The molecule has 0 saturated carbocycles. The van der Waals surface area contributed by atoms with E-state index >= 15 is 0 Å². The monoisotopic (exact) mass is 270 g/mol. The lowest BCUT2D eigenvalue weighted by Gasteiger charge is -2.20. The van der Waals surface area contributed by atoms with Crippen molar-refractivity contribution >= 4 is 5.69 Å². The Morgan fingerprint density at radius 1 is 0.950 bits per heavy atom. The summed E-state index contributed by atoms with van der Waals surface area (Å²) in [5.41, 5.74) is 2.50. The van der Waals surface area contributed by atoms with Crippen LogP contribution in [0.5, 0.6) is 0 Å². The zero-order valence-corrected chi connectivity index (χ0v) is 11.5. The number of nitro groups is 1. The Hall–Kier alpha value is -2.20. The van der Waals surface area contributed by atoms with E-state index in [0.717, 1.165) is 25.2 Å². The van der Waals surface area contributed by atoms with Gasteiger partial charge in [0.1, 0.15) is 0 Å². The molecule has 0 bridgehead atoms. The van der Waals surface area contributed by atoms with Crippen molar-refractivity contribution in [3.63, 3.8) is 0 Å². The zero-order valence-electron chi connectivity index (χ0n) is 11.5. The minimum absolute atomic E-state index is 0.139. The Kier molecular flexibility index (Phi) is 4.85. The fourth-order valence-electron chi connectivity index (χ4n) is 2.10. The second-order valence-electron chi connectivity index (χ2n) is 4.71. The molecule has 2 aromatic carbocycles. The summed E-state index contributed by atoms with van der Waals surface area (Å²) in [5.74, 6) is 0. The molecule has 0 atom stereocenters. The van der Waals surface area contributed by atoms with E-state index in [1.807, 2.05) is 30.3 Å². The molecule has 0 fully saturated rings. The van der Waals surface area contributed by atoms with E-state index in [2.05, 4.69) is 24.0 Å². The van der Waals surface area contributed by atoms with E-state index in [-0.39, 0.29) is 10.6 Å². The first-order valence-corrected chi connectivity index (χ1v) is 6.68. The number of hydrogen-bond donors (Lipinski definition) is 0. The van der Waals surface area contributed by atoms with Crippen LogP contribution in [-0.4, -0.2) is 16.4 Å². The molecule has 2 rings (SSSR count). The lowest BCUT2D eigenvalue weighted by molar-refractivity contribution is -0.384. The van der Waals surface area contributed by atoms with Gasteiger partial charge in [0.05, 0.1) is 4.92 Å². The minimum atomic E-state index is -0.370. The van der Waals surface area contributed by atoms with E-state index in [1.54, 1.807) is 12.1 Å². The Balaban J connectivity index is 2.01. The highest BCUT2D eigenvalue weighted by atomic mass is 16.6. The fourth-order valence-corrected chi connectivity index (χ4v) is 2.10. The quantitative estimate of drug-likeness (QED) is 0.595. The van der Waals surface area contributed by atoms with Gasteiger partial charge in [-0.25, -0.2) is 0 Å². The Labute approximate surface area is 118 Å². The van der Waals surface area contributed by atoms with Crippen LogP contribution >= 0.6 is 0 Å². The van der Waals surface area contributed by atoms with E-state index in [4.69, 9.17) is 0 Å². The molecule has 0 aliphatic carbocycles. The summed E-state index contributed by atoms with van der Waals surface area (Å²) in [7, 11) is 0. The molecule has 0 radical (unpaired) electrons. The van der Waals surface area contributed by atoms with Gasteiger partial charge in [-0.15, -0.1) is 0 Å². The predicted octanol–water partition coefficient (Wildman–Crippen LogP) is 3.62. The maximum atomic E-state index is 10.6. The molecular weight excluding hydrogens is 252 g/mol. The van der Waals surface area contributed by atoms with E-state index in [9.17, 15) is 10.1 Å². The third-order valence-corrected chi connectivity index (χ3v) is 3.25. The van der Waals surface area contributed by atoms with Crippen LogP contribution in [0.3, 0.4) is 0 Å². The molecule has 0 saturated heterocycles. The SMILES string of the molecule is CCN(Cc1ccccc1)Cc1ccc([N+](=O)[O-])cc1. The summed E-state index contributed by atoms with van der Waals surface area (Å²) in [5, 5.41) is 10.6. The molecule has 0 aliphatic heterocycles. The van der Waals surface area contributed by atoms with E-state index in [0.29, 0.717) is 0 Å². The first kappa shape index (κ1) is 14.2. The maximum Gasteiger partial charge on any atom is 0.269 e. The van der Waals surface area contributed by atoms with Gasteiger partial charge in [-0.2, -0.15) is 0 Å². The topological polar surface area (TPSA) is 46.4 Å². The first-order chi connectivity index (χ1) is 9.69. The van der Waals surface area contributed by atoms with Gasteiger partial charge in [-0.05, 0) is 17.7 Å². The number of nitro benzene ring substituents is 1. The molecule has 0 aliphatic rings. The molecule has 0 spiro atoms. The standard InChI is InChI=1S/C16H18N2O2/c1-2-17(12-14-6-4-3-5-7-14)13-15-8-10-16(11-9-15)18(19)20/h3-11H,2,12-13H2,1H3. The number of nitrogens with zero attached hydrogens (tertiary/aromatic N) is 2. The van der Waals surface area contributed by atoms with Crippen molar-refractivity contribution in [3.8, 4) is 0 Å². The molecule has 104 valence electrons. The normalized spacial score (nSPS) is 10.7. The smallest absolute Gasteiger partial charge is 0.269 e. The van der Waals surface area contributed by atoms with Crippen LogP contribution in [0.1, 0.15) is 18.1 Å². The van der Waals surface area contributed by atoms with Gasteiger partial charge in [0.25, 0.3) is 5.69 Å². The van der Waals surface area contributed by atoms with Crippen molar-refractivity contribution in [1.29, 1.82) is 0 Å². The largest absolute Gasteiger partial charge is 0.295 e. The molecule has 0 amide bonds. The maximum absolute atomic E-state index is 10.6. The lowest BCUT2D eigenvalue weighted by Crippen LogP contribution is -2.22. The Bertz CT molecular complexity index is 552. The van der Waals surface area contributed by atoms with Gasteiger partial charge < -0.3 is 0 Å². The van der Waals surface area contributed by atoms with Crippen molar-refractivity contribution in [2.45, 2.75) is 20.0 Å². The highest BCUT2D eigenvalue weighted by Crippen LogP contribution is 2.14. The van der Waals surface area contributed by atoms with E-state index in [1.165, 1.54) is 5.56 Å². The fraction of sp³-hybridized carbons (Fsp3) is 0.250. The van der Waals surface area contributed by atoms with E-state index < -0.39 is 0 Å². The Morgan fingerprint density at radius 3 is 2.00 bits per heavy atom. The van der Waals surface area contributed by atoms with Crippen molar-refractivity contribution in [1.82, 2.24) is 4.90 Å². The molecule has 0 N–H and O–H groups in total. The number of hydrogen-bond acceptors (Lipinski definition) is 3. The van der Waals surface area contributed by atoms with Gasteiger partial charge in [-0.3, -0.25) is 15.0 Å². The molecule has 0 unspecified atom stereocenters. The lowest BCUT2D eigenvalue weighted by atomic mass is 10.1. The van der Waals surface area contributed by atoms with Crippen LogP contribution in [0.4, 0.5) is 5.69 Å². The van der Waals surface area contributed by atoms with Gasteiger partial charge in [0, 0.05) is 25.2 Å². The highest BCUT2D eigenvalue weighted by Gasteiger charge is 2.07. The number of non-ortho nitro benzene ring substituents is 1. The van der Waals surface area contributed by atoms with Crippen LogP contribution in [0, 0.1) is 10.1 Å². The molecule has 2 aromatic rings. The predicted molar refractivity (Wildman–Crippen MR) is 79.3 cm³/mol. The minimum Gasteiger partial charge on any atom is -0.295 e. The summed E-state index contributed by atoms with van der Waals surface area (Å²) in [6.45, 7) is 4.73. The third-order valence-electron chi connectivity index (χ3n) is 3.25. The summed E-state index contributed by atoms with van der Waals surface area (Å²) in [4.78, 5) is 12.6. The van der Waals surface area contributed by atoms with Crippen molar-refractivity contribution in [2.75, 3.05) is 6.54 Å². The number of benzene rings is 2. The molecule has 20 heavy (non-hydrogen) atoms. The molecule has 0 heterocycles. The third kappa shape index (κ3) is 3.90. The van der Waals surface area contributed by atoms with Crippen molar-refractivity contribution in [3.05, 3.63) is 75.8 Å². The van der Waals surface area contributed by atoms with Crippen LogP contribution in [0.2, 0.25) is 0 Å². The summed E-state index contributed by atoms with van der Waals surface area (Å²) < 4.78 is 0. The van der Waals surface area contributed by atoms with Crippen molar-refractivity contribution < 1.29 is 4.92 Å². The van der Waals surface area contributed by atoms with Gasteiger partial charge in [-0.1, -0.05) is 49.4 Å². The van der Waals surface area contributed by atoms with Crippen LogP contribution < -0.4 is 0 Å². The zero-order chi connectivity index (χ0) is 14.4. The summed E-state index contributed by atoms with van der Waals surface area (Å²) in [6, 6.07) is 17.1. The first-order valence-electron chi connectivity index (χ1n) is 6.68. The van der Waals surface area contributed by atoms with Gasteiger partial charge in [0.2, 0.25) is 0 Å². The van der Waals surface area contributed by atoms with Gasteiger partial charge in [0.15, 0.2) is 0 Å². The summed E-state index contributed by atoms with van der Waals surface area (Å²) in [6.07, 6.45) is 0.